The summed E-state index contributed by atoms with van der Waals surface area (Å²) in [6, 6.07) is 16.6. The molecular weight excluding hydrogens is 276 g/mol. The summed E-state index contributed by atoms with van der Waals surface area (Å²) in [7, 11) is 0. The Morgan fingerprint density at radius 3 is 2.64 bits per heavy atom. The minimum absolute atomic E-state index is 0.0826. The third-order valence-corrected chi connectivity index (χ3v) is 3.42. The van der Waals surface area contributed by atoms with Gasteiger partial charge in [-0.25, -0.2) is 4.98 Å². The van der Waals surface area contributed by atoms with Gasteiger partial charge in [-0.2, -0.15) is 0 Å². The number of hydrogen-bond donors (Lipinski definition) is 0. The van der Waals surface area contributed by atoms with Gasteiger partial charge in [-0.1, -0.05) is 42.0 Å². The number of nitrogens with zero attached hydrogens (tertiary/aromatic N) is 2. The first kappa shape index (κ1) is 13.9. The zero-order valence-corrected chi connectivity index (χ0v) is 12.1. The van der Waals surface area contributed by atoms with Crippen LogP contribution in [0.5, 0.6) is 0 Å². The molecule has 2 aromatic carbocycles. The number of aryl methyl sites for hydroxylation is 1. The molecule has 0 amide bonds. The number of aromatic nitrogens is 1. The zero-order valence-electron chi connectivity index (χ0n) is 12.1. The average Bonchev–Trinajstić information content (AvgIpc) is 2.52. The summed E-state index contributed by atoms with van der Waals surface area (Å²) in [5.74, 6) is 0. The van der Waals surface area contributed by atoms with Gasteiger partial charge in [0, 0.05) is 6.07 Å². The van der Waals surface area contributed by atoms with Crippen LogP contribution in [0.25, 0.3) is 23.1 Å². The van der Waals surface area contributed by atoms with Crippen LogP contribution in [0, 0.1) is 17.0 Å². The molecule has 0 saturated carbocycles. The first-order chi connectivity index (χ1) is 10.6. The van der Waals surface area contributed by atoms with Crippen molar-refractivity contribution in [1.29, 1.82) is 0 Å². The van der Waals surface area contributed by atoms with Crippen LogP contribution in [0.2, 0.25) is 0 Å². The van der Waals surface area contributed by atoms with E-state index in [1.807, 2.05) is 37.3 Å². The Labute approximate surface area is 127 Å². The lowest BCUT2D eigenvalue weighted by Gasteiger charge is -2.00. The van der Waals surface area contributed by atoms with Crippen LogP contribution in [-0.2, 0) is 0 Å². The van der Waals surface area contributed by atoms with Crippen LogP contribution in [0.4, 0.5) is 5.69 Å². The van der Waals surface area contributed by atoms with Crippen LogP contribution in [0.3, 0.4) is 0 Å². The van der Waals surface area contributed by atoms with Gasteiger partial charge < -0.3 is 0 Å². The molecule has 0 aliphatic heterocycles. The van der Waals surface area contributed by atoms with Gasteiger partial charge >= 0.3 is 0 Å². The highest BCUT2D eigenvalue weighted by atomic mass is 16.6. The average molecular weight is 290 g/mol. The Balaban J connectivity index is 1.97. The van der Waals surface area contributed by atoms with E-state index in [4.69, 9.17) is 0 Å². The van der Waals surface area contributed by atoms with Crippen molar-refractivity contribution >= 4 is 28.7 Å². The molecule has 4 nitrogen and oxygen atoms in total. The van der Waals surface area contributed by atoms with Crippen molar-refractivity contribution in [1.82, 2.24) is 4.98 Å². The molecule has 3 aromatic rings. The number of pyridine rings is 1. The Morgan fingerprint density at radius 2 is 1.86 bits per heavy atom. The van der Waals surface area contributed by atoms with Crippen LogP contribution in [0.15, 0.2) is 54.6 Å². The number of rotatable bonds is 3. The monoisotopic (exact) mass is 290 g/mol. The molecule has 0 unspecified atom stereocenters. The number of nitro benzene ring substituents is 1. The quantitative estimate of drug-likeness (QED) is 0.522. The van der Waals surface area contributed by atoms with Crippen LogP contribution >= 0.6 is 0 Å². The SMILES string of the molecule is Cc1cccc(/C=C/c2ccc3c([N+](=O)[O-])cccc3n2)c1. The standard InChI is InChI=1S/C18H14N2O2/c1-13-4-2-5-14(12-13)8-9-15-10-11-16-17(19-15)6-3-7-18(16)20(21)22/h2-12H,1H3/b9-8+. The van der Waals surface area contributed by atoms with Gasteiger partial charge in [-0.3, -0.25) is 10.1 Å². The third-order valence-electron chi connectivity index (χ3n) is 3.42. The van der Waals surface area contributed by atoms with Gasteiger partial charge in [-0.15, -0.1) is 0 Å². The van der Waals surface area contributed by atoms with Crippen molar-refractivity contribution in [2.45, 2.75) is 6.92 Å². The normalized spacial score (nSPS) is 11.1. The minimum Gasteiger partial charge on any atom is -0.258 e. The van der Waals surface area contributed by atoms with Crippen LogP contribution < -0.4 is 0 Å². The second-order valence-corrected chi connectivity index (χ2v) is 5.08. The molecule has 0 aliphatic carbocycles. The maximum absolute atomic E-state index is 11.0. The summed E-state index contributed by atoms with van der Waals surface area (Å²) in [5, 5.41) is 11.6. The van der Waals surface area contributed by atoms with Gasteiger partial charge in [0.05, 0.1) is 21.5 Å². The van der Waals surface area contributed by atoms with Gasteiger partial charge in [0.25, 0.3) is 5.69 Å². The van der Waals surface area contributed by atoms with E-state index in [9.17, 15) is 10.1 Å². The van der Waals surface area contributed by atoms with Crippen LogP contribution in [-0.4, -0.2) is 9.91 Å². The number of nitro groups is 1. The molecule has 0 spiro atoms. The molecule has 0 aliphatic rings. The molecule has 3 rings (SSSR count). The molecule has 1 aromatic heterocycles. The van der Waals surface area contributed by atoms with E-state index in [0.717, 1.165) is 11.3 Å². The van der Waals surface area contributed by atoms with E-state index < -0.39 is 0 Å². The van der Waals surface area contributed by atoms with Crippen molar-refractivity contribution in [3.05, 3.63) is 81.5 Å². The Morgan fingerprint density at radius 1 is 1.05 bits per heavy atom. The molecule has 0 radical (unpaired) electrons. The van der Waals surface area contributed by atoms with E-state index in [2.05, 4.69) is 11.1 Å². The topological polar surface area (TPSA) is 56.0 Å². The van der Waals surface area contributed by atoms with Crippen molar-refractivity contribution < 1.29 is 4.92 Å². The fourth-order valence-electron chi connectivity index (χ4n) is 2.36. The summed E-state index contributed by atoms with van der Waals surface area (Å²) in [6.07, 6.45) is 3.89. The Hall–Kier alpha value is -3.01. The summed E-state index contributed by atoms with van der Waals surface area (Å²) < 4.78 is 0. The van der Waals surface area contributed by atoms with E-state index in [0.29, 0.717) is 10.9 Å². The number of benzene rings is 2. The summed E-state index contributed by atoms with van der Waals surface area (Å²) in [4.78, 5) is 15.1. The maximum atomic E-state index is 11.0. The van der Waals surface area contributed by atoms with Gasteiger partial charge in [0.2, 0.25) is 0 Å². The highest BCUT2D eigenvalue weighted by Gasteiger charge is 2.11. The second-order valence-electron chi connectivity index (χ2n) is 5.08. The highest BCUT2D eigenvalue weighted by molar-refractivity contribution is 5.88. The van der Waals surface area contributed by atoms with E-state index in [1.165, 1.54) is 11.6 Å². The molecular formula is C18H14N2O2. The number of hydrogen-bond acceptors (Lipinski definition) is 3. The fourth-order valence-corrected chi connectivity index (χ4v) is 2.36. The lowest BCUT2D eigenvalue weighted by molar-refractivity contribution is -0.383. The lowest BCUT2D eigenvalue weighted by atomic mass is 10.1. The smallest absolute Gasteiger partial charge is 0.258 e. The van der Waals surface area contributed by atoms with E-state index in [1.54, 1.807) is 24.3 Å². The molecule has 1 heterocycles. The number of non-ortho nitro benzene ring substituents is 1. The Bertz CT molecular complexity index is 885. The predicted molar refractivity (Wildman–Crippen MR) is 88.5 cm³/mol. The van der Waals surface area contributed by atoms with Gasteiger partial charge in [-0.05, 0) is 36.8 Å². The predicted octanol–water partition coefficient (Wildman–Crippen LogP) is 4.62. The van der Waals surface area contributed by atoms with Gasteiger partial charge in [0.15, 0.2) is 0 Å². The molecule has 0 fully saturated rings. The molecule has 0 atom stereocenters. The van der Waals surface area contributed by atoms with E-state index in [-0.39, 0.29) is 10.6 Å². The number of fused-ring (bicyclic) bond motifs is 1. The van der Waals surface area contributed by atoms with Crippen molar-refractivity contribution in [3.8, 4) is 0 Å². The van der Waals surface area contributed by atoms with E-state index >= 15 is 0 Å². The lowest BCUT2D eigenvalue weighted by Crippen LogP contribution is -1.91. The Kier molecular flexibility index (Phi) is 3.66. The van der Waals surface area contributed by atoms with Crippen molar-refractivity contribution in [3.63, 3.8) is 0 Å². The summed E-state index contributed by atoms with van der Waals surface area (Å²) in [6.45, 7) is 2.05. The molecule has 108 valence electrons. The largest absolute Gasteiger partial charge is 0.278 e. The molecule has 0 saturated heterocycles. The zero-order chi connectivity index (χ0) is 15.5. The van der Waals surface area contributed by atoms with Crippen molar-refractivity contribution in [2.75, 3.05) is 0 Å². The summed E-state index contributed by atoms with van der Waals surface area (Å²) >= 11 is 0. The minimum atomic E-state index is -0.383. The van der Waals surface area contributed by atoms with Gasteiger partial charge in [0.1, 0.15) is 0 Å². The van der Waals surface area contributed by atoms with Crippen molar-refractivity contribution in [2.24, 2.45) is 0 Å². The second kappa shape index (κ2) is 5.77. The molecule has 0 bridgehead atoms. The fraction of sp³-hybridized carbons (Fsp3) is 0.0556. The first-order valence-electron chi connectivity index (χ1n) is 6.92. The third kappa shape index (κ3) is 2.86. The maximum Gasteiger partial charge on any atom is 0.278 e. The molecule has 22 heavy (non-hydrogen) atoms. The first-order valence-corrected chi connectivity index (χ1v) is 6.92. The van der Waals surface area contributed by atoms with Crippen LogP contribution in [0.1, 0.15) is 16.8 Å². The molecule has 0 N–H and O–H groups in total. The molecule has 4 heteroatoms. The highest BCUT2D eigenvalue weighted by Crippen LogP contribution is 2.24. The summed E-state index contributed by atoms with van der Waals surface area (Å²) in [5.41, 5.74) is 3.78.